The Balaban J connectivity index is 3.42. The highest BCUT2D eigenvalue weighted by Gasteiger charge is 2.29. The van der Waals surface area contributed by atoms with Gasteiger partial charge in [0.1, 0.15) is 0 Å². The molecule has 0 fully saturated rings. The molecule has 1 heterocycles. The smallest absolute Gasteiger partial charge is 0.336 e. The van der Waals surface area contributed by atoms with Crippen LogP contribution in [0.1, 0.15) is 36.8 Å². The average Bonchev–Trinajstić information content (AvgIpc) is 2.36. The summed E-state index contributed by atoms with van der Waals surface area (Å²) in [6.07, 6.45) is -2.25. The first kappa shape index (κ1) is 12.3. The van der Waals surface area contributed by atoms with Gasteiger partial charge < -0.3 is 14.4 Å². The van der Waals surface area contributed by atoms with Crippen LogP contribution in [0.15, 0.2) is 22.5 Å². The predicted octanol–water partition coefficient (Wildman–Crippen LogP) is 2.00. The van der Waals surface area contributed by atoms with E-state index in [0.29, 0.717) is 11.4 Å². The lowest BCUT2D eigenvalue weighted by atomic mass is 9.97. The Morgan fingerprint density at radius 3 is 1.79 bits per heavy atom. The van der Waals surface area contributed by atoms with Crippen LogP contribution in [0.3, 0.4) is 0 Å². The van der Waals surface area contributed by atoms with Gasteiger partial charge in [-0.2, -0.15) is 0 Å². The van der Waals surface area contributed by atoms with Gasteiger partial charge in [0.2, 0.25) is 0 Å². The first-order valence-electron chi connectivity index (χ1n) is 7.20. The van der Waals surface area contributed by atoms with Gasteiger partial charge in [0.05, 0.1) is 24.4 Å². The van der Waals surface area contributed by atoms with Crippen molar-refractivity contribution >= 4 is 11.9 Å². The Morgan fingerprint density at radius 2 is 1.47 bits per heavy atom. The Labute approximate surface area is 116 Å². The quantitative estimate of drug-likeness (QED) is 0.731. The van der Waals surface area contributed by atoms with Crippen LogP contribution in [0, 0.1) is 0 Å². The molecule has 19 heavy (non-hydrogen) atoms. The minimum absolute atomic E-state index is 0.132. The van der Waals surface area contributed by atoms with Gasteiger partial charge in [-0.05, 0) is 27.7 Å². The van der Waals surface area contributed by atoms with Gasteiger partial charge in [0.15, 0.2) is 0 Å². The number of nitrogens with zero attached hydrogens (tertiary/aromatic N) is 1. The van der Waals surface area contributed by atoms with Crippen molar-refractivity contribution in [3.8, 4) is 0 Å². The number of carbonyl (C=O) groups is 2. The fourth-order valence-electron chi connectivity index (χ4n) is 1.70. The molecule has 0 bridgehead atoms. The van der Waals surface area contributed by atoms with Crippen molar-refractivity contribution in [3.63, 3.8) is 0 Å². The number of allylic oxidation sites excluding steroid dienone is 2. The predicted molar refractivity (Wildman–Crippen MR) is 71.0 cm³/mol. The molecule has 0 saturated carbocycles. The summed E-state index contributed by atoms with van der Waals surface area (Å²) in [5.74, 6) is -1.53. The van der Waals surface area contributed by atoms with Crippen LogP contribution in [0.4, 0.5) is 0 Å². The van der Waals surface area contributed by atoms with Crippen LogP contribution in [0.25, 0.3) is 0 Å². The molecular formula is C14H21NO4. The molecule has 0 N–H and O–H groups in total. The molecule has 1 rings (SSSR count). The number of rotatable bonds is 4. The van der Waals surface area contributed by atoms with Gasteiger partial charge in [-0.15, -0.1) is 0 Å². The zero-order valence-corrected chi connectivity index (χ0v) is 12.0. The molecule has 0 saturated heterocycles. The van der Waals surface area contributed by atoms with E-state index in [4.69, 9.17) is 12.2 Å². The van der Waals surface area contributed by atoms with Crippen molar-refractivity contribution in [2.75, 3.05) is 20.3 Å². The maximum Gasteiger partial charge on any atom is 0.336 e. The second kappa shape index (κ2) is 6.41. The number of carbonyl (C=O) groups excluding carboxylic acids is 2. The Kier molecular flexibility index (Phi) is 4.13. The number of esters is 2. The highest BCUT2D eigenvalue weighted by atomic mass is 16.5. The number of hydrogen-bond acceptors (Lipinski definition) is 5. The summed E-state index contributed by atoms with van der Waals surface area (Å²) in [5, 5.41) is 0. The monoisotopic (exact) mass is 269 g/mol. The summed E-state index contributed by atoms with van der Waals surface area (Å²) in [5.41, 5.74) is 0.508. The topological polar surface area (TPSA) is 55.8 Å². The Hall–Kier alpha value is -1.78. The summed E-state index contributed by atoms with van der Waals surface area (Å²) in [6.45, 7) is 6.79. The van der Waals surface area contributed by atoms with E-state index in [1.807, 2.05) is 0 Å². The van der Waals surface area contributed by atoms with Gasteiger partial charge in [-0.1, -0.05) is 0 Å². The minimum atomic E-state index is -2.25. The normalized spacial score (nSPS) is 19.9. The van der Waals surface area contributed by atoms with Crippen LogP contribution in [0.2, 0.25) is 0 Å². The van der Waals surface area contributed by atoms with Crippen LogP contribution in [0.5, 0.6) is 0 Å². The first-order chi connectivity index (χ1) is 9.69. The second-order valence-corrected chi connectivity index (χ2v) is 4.05. The average molecular weight is 269 g/mol. The third kappa shape index (κ3) is 3.16. The van der Waals surface area contributed by atoms with Gasteiger partial charge in [0.25, 0.3) is 0 Å². The molecular weight excluding hydrogens is 246 g/mol. The van der Waals surface area contributed by atoms with Gasteiger partial charge in [-0.25, -0.2) is 9.59 Å². The molecule has 0 aromatic carbocycles. The van der Waals surface area contributed by atoms with Crippen molar-refractivity contribution < 1.29 is 21.8 Å². The highest BCUT2D eigenvalue weighted by Crippen LogP contribution is 2.30. The van der Waals surface area contributed by atoms with E-state index in [-0.39, 0.29) is 24.4 Å². The molecule has 0 aromatic rings. The summed E-state index contributed by atoms with van der Waals surface area (Å²) >= 11 is 0. The van der Waals surface area contributed by atoms with Crippen LogP contribution in [-0.2, 0) is 19.1 Å². The fourth-order valence-corrected chi connectivity index (χ4v) is 1.70. The maximum atomic E-state index is 12.1. The van der Waals surface area contributed by atoms with Gasteiger partial charge >= 0.3 is 11.9 Å². The van der Waals surface area contributed by atoms with E-state index in [0.717, 1.165) is 0 Å². The van der Waals surface area contributed by atoms with E-state index in [2.05, 4.69) is 0 Å². The summed E-state index contributed by atoms with van der Waals surface area (Å²) in [6, 6.07) is 0. The molecule has 106 valence electrons. The summed E-state index contributed by atoms with van der Waals surface area (Å²) in [7, 11) is 1.67. The fraction of sp³-hybridized carbons (Fsp3) is 0.571. The molecule has 5 nitrogen and oxygen atoms in total. The number of hydrogen-bond donors (Lipinski definition) is 0. The number of ether oxygens (including phenoxy) is 2. The lowest BCUT2D eigenvalue weighted by Crippen LogP contribution is -2.28. The van der Waals surface area contributed by atoms with Crippen molar-refractivity contribution in [1.82, 2.24) is 4.90 Å². The first-order valence-corrected chi connectivity index (χ1v) is 6.20. The van der Waals surface area contributed by atoms with Gasteiger partial charge in [0, 0.05) is 27.6 Å². The van der Waals surface area contributed by atoms with E-state index in [1.54, 1.807) is 39.6 Å². The molecule has 0 radical (unpaired) electrons. The van der Waals surface area contributed by atoms with Crippen LogP contribution < -0.4 is 0 Å². The standard InChI is InChI=1S/C14H21NO4/c1-6-18-13(16)11-8-12(14(17)19-7-2)10(4)15(5)9(11)3/h6-8H2,1-5H3/i8D2. The van der Waals surface area contributed by atoms with Crippen molar-refractivity contribution in [3.05, 3.63) is 22.5 Å². The lowest BCUT2D eigenvalue weighted by molar-refractivity contribution is -0.139. The van der Waals surface area contributed by atoms with E-state index < -0.39 is 18.3 Å². The lowest BCUT2D eigenvalue weighted by Gasteiger charge is -2.30. The Morgan fingerprint density at radius 1 is 1.11 bits per heavy atom. The van der Waals surface area contributed by atoms with Crippen LogP contribution >= 0.6 is 0 Å². The van der Waals surface area contributed by atoms with E-state index in [1.165, 1.54) is 0 Å². The summed E-state index contributed by atoms with van der Waals surface area (Å²) < 4.78 is 26.3. The minimum Gasteiger partial charge on any atom is -0.463 e. The van der Waals surface area contributed by atoms with Crippen molar-refractivity contribution in [2.45, 2.75) is 34.1 Å². The zero-order valence-electron chi connectivity index (χ0n) is 14.0. The van der Waals surface area contributed by atoms with E-state index in [9.17, 15) is 9.59 Å². The Bertz CT molecular complexity index is 479. The molecule has 0 atom stereocenters. The molecule has 0 amide bonds. The molecule has 5 heteroatoms. The molecule has 0 spiro atoms. The summed E-state index contributed by atoms with van der Waals surface area (Å²) in [4.78, 5) is 25.8. The maximum absolute atomic E-state index is 12.1. The second-order valence-electron chi connectivity index (χ2n) is 4.05. The molecule has 1 aliphatic heterocycles. The van der Waals surface area contributed by atoms with Crippen molar-refractivity contribution in [1.29, 1.82) is 0 Å². The molecule has 1 aliphatic rings. The third-order valence-electron chi connectivity index (χ3n) is 2.94. The third-order valence-corrected chi connectivity index (χ3v) is 2.94. The van der Waals surface area contributed by atoms with Gasteiger partial charge in [-0.3, -0.25) is 0 Å². The van der Waals surface area contributed by atoms with Crippen LogP contribution in [-0.4, -0.2) is 37.1 Å². The molecule has 0 aliphatic carbocycles. The van der Waals surface area contributed by atoms with Crippen molar-refractivity contribution in [2.24, 2.45) is 0 Å². The highest BCUT2D eigenvalue weighted by molar-refractivity contribution is 5.96. The molecule has 0 aromatic heterocycles. The van der Waals surface area contributed by atoms with E-state index >= 15 is 0 Å². The molecule has 0 unspecified atom stereocenters. The SMILES string of the molecule is [2H]C1([2H])C(C(=O)OCC)=C(C)N(C)C(C)=C1C(=O)OCC. The zero-order chi connectivity index (χ0) is 16.4. The largest absolute Gasteiger partial charge is 0.463 e.